The molecule has 12 heteroatoms. The van der Waals surface area contributed by atoms with Gasteiger partial charge in [0.2, 0.25) is 23.0 Å². The normalized spacial score (nSPS) is 14.1. The maximum atomic E-state index is 13.7. The van der Waals surface area contributed by atoms with Gasteiger partial charge in [-0.1, -0.05) is 12.5 Å². The Morgan fingerprint density at radius 3 is 2.40 bits per heavy atom. The average Bonchev–Trinajstić information content (AvgIpc) is 3.27. The second kappa shape index (κ2) is 17.5. The lowest BCUT2D eigenvalue weighted by Gasteiger charge is -2.19. The van der Waals surface area contributed by atoms with Crippen molar-refractivity contribution in [2.24, 2.45) is 0 Å². The van der Waals surface area contributed by atoms with Crippen LogP contribution in [0.1, 0.15) is 62.6 Å². The number of rotatable bonds is 16. The van der Waals surface area contributed by atoms with Crippen LogP contribution < -0.4 is 35.6 Å². The quantitative estimate of drug-likeness (QED) is 0.180. The largest absolute Gasteiger partial charge is 0.493 e. The van der Waals surface area contributed by atoms with Crippen LogP contribution in [-0.4, -0.2) is 70.8 Å². The van der Waals surface area contributed by atoms with Gasteiger partial charge < -0.3 is 34.9 Å². The van der Waals surface area contributed by atoms with Gasteiger partial charge in [0.25, 0.3) is 0 Å². The summed E-state index contributed by atoms with van der Waals surface area (Å²) in [5, 5.41) is 9.18. The van der Waals surface area contributed by atoms with Crippen LogP contribution in [0, 0.1) is 0 Å². The van der Waals surface area contributed by atoms with Crippen LogP contribution in [0.2, 0.25) is 0 Å². The number of anilines is 1. The van der Waals surface area contributed by atoms with E-state index >= 15 is 0 Å². The number of fused-ring (bicyclic) bond motifs is 3. The Labute approximate surface area is 269 Å². The fourth-order valence-electron chi connectivity index (χ4n) is 5.53. The van der Waals surface area contributed by atoms with Crippen molar-refractivity contribution in [3.05, 3.63) is 45.6 Å². The summed E-state index contributed by atoms with van der Waals surface area (Å²) < 4.78 is 21.8. The number of hydrogen-bond donors (Lipinski definition) is 3. The molecule has 246 valence electrons. The summed E-state index contributed by atoms with van der Waals surface area (Å²) >= 11 is 1.61. The molecule has 0 aliphatic heterocycles. The Bertz CT molecular complexity index is 1420. The number of benzene rings is 1. The van der Waals surface area contributed by atoms with Gasteiger partial charge in [-0.05, 0) is 79.0 Å². The van der Waals surface area contributed by atoms with Gasteiger partial charge >= 0.3 is 5.97 Å². The van der Waals surface area contributed by atoms with Crippen molar-refractivity contribution in [1.82, 2.24) is 10.6 Å². The van der Waals surface area contributed by atoms with Crippen molar-refractivity contribution in [3.8, 4) is 28.4 Å². The monoisotopic (exact) mass is 643 g/mol. The highest BCUT2D eigenvalue weighted by Gasteiger charge is 2.30. The number of thioether (sulfide) groups is 1. The van der Waals surface area contributed by atoms with Gasteiger partial charge in [0, 0.05) is 25.5 Å². The van der Waals surface area contributed by atoms with E-state index in [-0.39, 0.29) is 28.9 Å². The van der Waals surface area contributed by atoms with Crippen molar-refractivity contribution in [1.29, 1.82) is 0 Å². The third-order valence-electron chi connectivity index (χ3n) is 7.76. The molecular weight excluding hydrogens is 598 g/mol. The highest BCUT2D eigenvalue weighted by molar-refractivity contribution is 7.98. The molecule has 1 aliphatic rings. The van der Waals surface area contributed by atoms with Gasteiger partial charge in [0.1, 0.15) is 6.04 Å². The zero-order valence-electron chi connectivity index (χ0n) is 27.0. The van der Waals surface area contributed by atoms with E-state index in [9.17, 15) is 19.2 Å². The summed E-state index contributed by atoms with van der Waals surface area (Å²) in [4.78, 5) is 50.5. The highest BCUT2D eigenvalue weighted by atomic mass is 32.2. The number of carbonyl (C=O) groups is 3. The molecule has 0 bridgehead atoms. The number of hydrogen-bond acceptors (Lipinski definition) is 10. The van der Waals surface area contributed by atoms with Crippen LogP contribution in [0.15, 0.2) is 29.1 Å². The predicted molar refractivity (Wildman–Crippen MR) is 177 cm³/mol. The van der Waals surface area contributed by atoms with E-state index in [0.29, 0.717) is 72.8 Å². The van der Waals surface area contributed by atoms with E-state index in [1.54, 1.807) is 32.0 Å². The van der Waals surface area contributed by atoms with Crippen LogP contribution in [-0.2, 0) is 25.5 Å². The summed E-state index contributed by atoms with van der Waals surface area (Å²) in [5.74, 6) is 1.46. The minimum atomic E-state index is -0.639. The zero-order valence-corrected chi connectivity index (χ0v) is 27.8. The Kier molecular flexibility index (Phi) is 13.8. The lowest BCUT2D eigenvalue weighted by Crippen LogP contribution is -2.41. The lowest BCUT2D eigenvalue weighted by atomic mass is 9.95. The Morgan fingerprint density at radius 2 is 1.76 bits per heavy atom. The first-order valence-electron chi connectivity index (χ1n) is 15.1. The minimum absolute atomic E-state index is 0.204. The molecule has 2 aromatic carbocycles. The summed E-state index contributed by atoms with van der Waals surface area (Å²) in [6.45, 7) is 1.91. The lowest BCUT2D eigenvalue weighted by molar-refractivity contribution is -0.140. The number of nitrogens with one attached hydrogen (secondary N) is 3. The van der Waals surface area contributed by atoms with Crippen molar-refractivity contribution in [3.63, 3.8) is 0 Å². The first-order chi connectivity index (χ1) is 21.7. The maximum absolute atomic E-state index is 13.7. The summed E-state index contributed by atoms with van der Waals surface area (Å²) in [7, 11) is 6.02. The molecule has 0 saturated heterocycles. The van der Waals surface area contributed by atoms with Crippen molar-refractivity contribution in [2.45, 2.75) is 64.0 Å². The third kappa shape index (κ3) is 9.29. The smallest absolute Gasteiger partial charge is 0.305 e. The molecule has 0 heterocycles. The van der Waals surface area contributed by atoms with Gasteiger partial charge in [-0.15, -0.1) is 0 Å². The van der Waals surface area contributed by atoms with E-state index in [1.165, 1.54) is 27.2 Å². The van der Waals surface area contributed by atoms with E-state index in [4.69, 9.17) is 14.2 Å². The van der Waals surface area contributed by atoms with Crippen LogP contribution in [0.25, 0.3) is 11.1 Å². The first kappa shape index (κ1) is 35.5. The fourth-order valence-corrected chi connectivity index (χ4v) is 6.00. The number of unbranched alkanes of at least 4 members (excludes halogenated alkanes) is 2. The zero-order chi connectivity index (χ0) is 32.9. The van der Waals surface area contributed by atoms with Crippen molar-refractivity contribution >= 4 is 35.2 Å². The molecule has 0 fully saturated rings. The van der Waals surface area contributed by atoms with Crippen LogP contribution in [0.5, 0.6) is 17.2 Å². The molecule has 2 atom stereocenters. The number of esters is 1. The molecule has 2 aromatic rings. The molecule has 0 saturated carbocycles. The summed E-state index contributed by atoms with van der Waals surface area (Å²) in [6, 6.07) is 5.88. The summed E-state index contributed by atoms with van der Waals surface area (Å²) in [5.41, 5.74) is 2.99. The molecule has 2 amide bonds. The second-order valence-corrected chi connectivity index (χ2v) is 11.7. The molecular formula is C33H45N3O8S. The van der Waals surface area contributed by atoms with E-state index < -0.39 is 12.1 Å². The molecule has 0 aromatic heterocycles. The number of ether oxygens (including phenoxy) is 4. The second-order valence-electron chi connectivity index (χ2n) is 10.8. The van der Waals surface area contributed by atoms with E-state index in [1.807, 2.05) is 18.4 Å². The van der Waals surface area contributed by atoms with Crippen LogP contribution in [0.4, 0.5) is 5.69 Å². The summed E-state index contributed by atoms with van der Waals surface area (Å²) in [6.07, 6.45) is 6.14. The molecule has 3 rings (SSSR count). The number of aryl methyl sites for hydroxylation is 1. The average molecular weight is 644 g/mol. The van der Waals surface area contributed by atoms with Crippen molar-refractivity contribution < 1.29 is 33.3 Å². The molecule has 1 aliphatic carbocycles. The molecule has 0 radical (unpaired) electrons. The third-order valence-corrected chi connectivity index (χ3v) is 8.40. The van der Waals surface area contributed by atoms with Gasteiger partial charge in [-0.3, -0.25) is 19.2 Å². The van der Waals surface area contributed by atoms with Crippen LogP contribution in [0.3, 0.4) is 0 Å². The van der Waals surface area contributed by atoms with E-state index in [0.717, 1.165) is 24.0 Å². The predicted octanol–water partition coefficient (Wildman–Crippen LogP) is 4.25. The molecule has 11 nitrogen and oxygen atoms in total. The van der Waals surface area contributed by atoms with Gasteiger partial charge in [0.05, 0.1) is 40.2 Å². The minimum Gasteiger partial charge on any atom is -0.493 e. The maximum Gasteiger partial charge on any atom is 0.305 e. The number of methoxy groups -OCH3 is 4. The Morgan fingerprint density at radius 1 is 1.00 bits per heavy atom. The SMILES string of the molecule is COC(=O)CCCCCNC(=O)[C@H](CCSC)Nc1ccc2c(cc1=O)[C@@H](NC(C)=O)CCc1cc(OC)c(OC)c(OC)c1-2. The topological polar surface area (TPSA) is 141 Å². The van der Waals surface area contributed by atoms with Gasteiger partial charge in [0.15, 0.2) is 11.5 Å². The van der Waals surface area contributed by atoms with Gasteiger partial charge in [-0.2, -0.15) is 11.8 Å². The molecule has 3 N–H and O–H groups in total. The Balaban J connectivity index is 1.99. The standard InChI is InChI=1S/C33H45N3O8S/c1-20(37)35-24-13-11-21-18-28(41-2)31(43-4)32(44-5)30(21)22-12-14-25(27(38)19-23(22)24)36-26(15-17-45-6)33(40)34-16-9-7-8-10-29(39)42-3/h12,14,18-19,24,26H,7-11,13,15-17H2,1-6H3,(H,34,40)(H,35,37)(H,36,38)/t24-,26-/m0/s1. The highest BCUT2D eigenvalue weighted by Crippen LogP contribution is 2.50. The molecule has 0 unspecified atom stereocenters. The van der Waals surface area contributed by atoms with Crippen LogP contribution >= 0.6 is 11.8 Å². The van der Waals surface area contributed by atoms with Gasteiger partial charge in [-0.25, -0.2) is 0 Å². The molecule has 45 heavy (non-hydrogen) atoms. The number of amides is 2. The fraction of sp³-hybridized carbons (Fsp3) is 0.515. The first-order valence-corrected chi connectivity index (χ1v) is 16.5. The molecule has 0 spiro atoms. The van der Waals surface area contributed by atoms with Crippen molar-refractivity contribution in [2.75, 3.05) is 52.3 Å². The Hall–Kier alpha value is -3.93. The number of carbonyl (C=O) groups excluding carboxylic acids is 3. The van der Waals surface area contributed by atoms with E-state index in [2.05, 4.69) is 20.7 Å².